The first kappa shape index (κ1) is 11.0. The van der Waals surface area contributed by atoms with Crippen LogP contribution in [0, 0.1) is 11.8 Å². The molecule has 0 atom stereocenters. The van der Waals surface area contributed by atoms with Crippen LogP contribution in [0.2, 0.25) is 0 Å². The maximum absolute atomic E-state index is 10.2. The summed E-state index contributed by atoms with van der Waals surface area (Å²) in [7, 11) is 0. The molecule has 0 spiro atoms. The van der Waals surface area contributed by atoms with Crippen molar-refractivity contribution in [2.75, 3.05) is 6.61 Å². The minimum atomic E-state index is -0.973. The van der Waals surface area contributed by atoms with Crippen LogP contribution in [-0.4, -0.2) is 22.8 Å². The van der Waals surface area contributed by atoms with Crippen molar-refractivity contribution in [1.29, 1.82) is 0 Å². The first-order valence-electron chi connectivity index (χ1n) is 4.33. The number of carboxylic acids is 1. The number of rotatable bonds is 2. The van der Waals surface area contributed by atoms with Gasteiger partial charge >= 0.3 is 5.97 Å². The number of aliphatic hydroxyl groups is 1. The largest absolute Gasteiger partial charge is 0.478 e. The number of benzene rings is 1. The van der Waals surface area contributed by atoms with Crippen LogP contribution < -0.4 is 0 Å². The van der Waals surface area contributed by atoms with Crippen molar-refractivity contribution in [3.63, 3.8) is 0 Å². The van der Waals surface area contributed by atoms with E-state index in [2.05, 4.69) is 11.8 Å². The molecule has 0 aliphatic rings. The van der Waals surface area contributed by atoms with E-state index in [0.29, 0.717) is 0 Å². The van der Waals surface area contributed by atoms with Gasteiger partial charge < -0.3 is 10.2 Å². The molecule has 0 unspecified atom stereocenters. The number of aliphatic hydroxyl groups excluding tert-OH is 1. The summed E-state index contributed by atoms with van der Waals surface area (Å²) in [5.41, 5.74) is 1.59. The molecule has 0 aliphatic heterocycles. The fourth-order valence-corrected chi connectivity index (χ4v) is 0.987. The van der Waals surface area contributed by atoms with Crippen molar-refractivity contribution in [3.8, 4) is 11.8 Å². The Morgan fingerprint density at radius 3 is 2.53 bits per heavy atom. The Hall–Kier alpha value is -2.05. The second kappa shape index (κ2) is 5.63. The Balaban J connectivity index is 2.76. The van der Waals surface area contributed by atoms with Gasteiger partial charge in [0.2, 0.25) is 0 Å². The van der Waals surface area contributed by atoms with Crippen LogP contribution >= 0.6 is 0 Å². The molecule has 0 aromatic heterocycles. The lowest BCUT2D eigenvalue weighted by atomic mass is 10.1. The van der Waals surface area contributed by atoms with Crippen LogP contribution in [0.3, 0.4) is 0 Å². The minimum Gasteiger partial charge on any atom is -0.478 e. The van der Waals surface area contributed by atoms with Crippen molar-refractivity contribution in [2.24, 2.45) is 0 Å². The molecule has 3 nitrogen and oxygen atoms in total. The van der Waals surface area contributed by atoms with Crippen molar-refractivity contribution in [2.45, 2.75) is 0 Å². The number of hydrogen-bond acceptors (Lipinski definition) is 2. The van der Waals surface area contributed by atoms with Crippen molar-refractivity contribution < 1.29 is 15.0 Å². The van der Waals surface area contributed by atoms with Crippen LogP contribution in [0.25, 0.3) is 6.08 Å². The molecule has 15 heavy (non-hydrogen) atoms. The first-order valence-corrected chi connectivity index (χ1v) is 4.33. The lowest BCUT2D eigenvalue weighted by Gasteiger charge is -1.93. The molecule has 1 aromatic carbocycles. The van der Waals surface area contributed by atoms with Gasteiger partial charge in [-0.25, -0.2) is 4.79 Å². The van der Waals surface area contributed by atoms with Gasteiger partial charge in [0.25, 0.3) is 0 Å². The Labute approximate surface area is 87.7 Å². The fraction of sp³-hybridized carbons (Fsp3) is 0.0833. The van der Waals surface area contributed by atoms with E-state index in [1.54, 1.807) is 24.3 Å². The molecule has 76 valence electrons. The summed E-state index contributed by atoms with van der Waals surface area (Å²) < 4.78 is 0. The molecule has 0 heterocycles. The van der Waals surface area contributed by atoms with E-state index in [0.717, 1.165) is 17.2 Å². The van der Waals surface area contributed by atoms with E-state index < -0.39 is 5.97 Å². The van der Waals surface area contributed by atoms with Gasteiger partial charge in [-0.1, -0.05) is 24.0 Å². The molecule has 0 radical (unpaired) electrons. The summed E-state index contributed by atoms with van der Waals surface area (Å²) in [5, 5.41) is 16.9. The monoisotopic (exact) mass is 202 g/mol. The Bertz CT molecular complexity index is 418. The van der Waals surface area contributed by atoms with Gasteiger partial charge in [0.05, 0.1) is 0 Å². The first-order chi connectivity index (χ1) is 7.22. The summed E-state index contributed by atoms with van der Waals surface area (Å²) in [6, 6.07) is 7.07. The highest BCUT2D eigenvalue weighted by molar-refractivity contribution is 5.85. The number of carbonyl (C=O) groups is 1. The zero-order valence-corrected chi connectivity index (χ0v) is 7.97. The van der Waals surface area contributed by atoms with Gasteiger partial charge in [-0.3, -0.25) is 0 Å². The second-order valence-corrected chi connectivity index (χ2v) is 2.75. The highest BCUT2D eigenvalue weighted by Gasteiger charge is 1.90. The van der Waals surface area contributed by atoms with Crippen LogP contribution in [0.15, 0.2) is 30.3 Å². The number of carboxylic acid groups (broad SMARTS) is 1. The number of hydrogen-bond donors (Lipinski definition) is 2. The zero-order chi connectivity index (χ0) is 11.1. The smallest absolute Gasteiger partial charge is 0.328 e. The van der Waals surface area contributed by atoms with Gasteiger partial charge in [0, 0.05) is 11.6 Å². The third-order valence-electron chi connectivity index (χ3n) is 1.64. The zero-order valence-electron chi connectivity index (χ0n) is 7.97. The third-order valence-corrected chi connectivity index (χ3v) is 1.64. The number of aliphatic carboxylic acids is 1. The fourth-order valence-electron chi connectivity index (χ4n) is 0.987. The van der Waals surface area contributed by atoms with E-state index in [4.69, 9.17) is 10.2 Å². The van der Waals surface area contributed by atoms with Crippen LogP contribution in [0.1, 0.15) is 11.1 Å². The van der Waals surface area contributed by atoms with Crippen molar-refractivity contribution in [1.82, 2.24) is 0 Å². The Morgan fingerprint density at radius 2 is 2.00 bits per heavy atom. The molecular formula is C12H10O3. The standard InChI is InChI=1S/C12H10O3/c13-9-1-2-10-3-5-11(6-4-10)7-8-12(14)15/h3-8,13H,9H2,(H,14,15)/b8-7+. The van der Waals surface area contributed by atoms with Crippen molar-refractivity contribution >= 4 is 12.0 Å². The average Bonchev–Trinajstić information content (AvgIpc) is 2.25. The molecule has 0 bridgehead atoms. The van der Waals surface area contributed by atoms with E-state index in [1.165, 1.54) is 6.08 Å². The second-order valence-electron chi connectivity index (χ2n) is 2.75. The van der Waals surface area contributed by atoms with E-state index >= 15 is 0 Å². The summed E-state index contributed by atoms with van der Waals surface area (Å²) in [6.45, 7) is -0.166. The van der Waals surface area contributed by atoms with Gasteiger partial charge in [-0.2, -0.15) is 0 Å². The molecule has 0 amide bonds. The normalized spacial score (nSPS) is 9.67. The topological polar surface area (TPSA) is 57.5 Å². The summed E-state index contributed by atoms with van der Waals surface area (Å²) in [6.07, 6.45) is 2.58. The quantitative estimate of drug-likeness (QED) is 0.558. The highest BCUT2D eigenvalue weighted by atomic mass is 16.4. The van der Waals surface area contributed by atoms with Crippen molar-refractivity contribution in [3.05, 3.63) is 41.5 Å². The molecule has 0 saturated carbocycles. The summed E-state index contributed by atoms with van der Waals surface area (Å²) in [4.78, 5) is 10.2. The lowest BCUT2D eigenvalue weighted by molar-refractivity contribution is -0.131. The van der Waals surface area contributed by atoms with Crippen LogP contribution in [-0.2, 0) is 4.79 Å². The van der Waals surface area contributed by atoms with Gasteiger partial charge in [-0.15, -0.1) is 0 Å². The van der Waals surface area contributed by atoms with E-state index in [9.17, 15) is 4.79 Å². The predicted octanol–water partition coefficient (Wildman–Crippen LogP) is 1.13. The average molecular weight is 202 g/mol. The summed E-state index contributed by atoms with van der Waals surface area (Å²) >= 11 is 0. The van der Waals surface area contributed by atoms with Crippen LogP contribution in [0.4, 0.5) is 0 Å². The highest BCUT2D eigenvalue weighted by Crippen LogP contribution is 2.04. The molecule has 0 saturated heterocycles. The molecule has 1 aromatic rings. The molecule has 0 fully saturated rings. The van der Waals surface area contributed by atoms with Gasteiger partial charge in [-0.05, 0) is 23.8 Å². The molecule has 2 N–H and O–H groups in total. The SMILES string of the molecule is O=C(O)/C=C/c1ccc(C#CCO)cc1. The van der Waals surface area contributed by atoms with E-state index in [-0.39, 0.29) is 6.61 Å². The van der Waals surface area contributed by atoms with E-state index in [1.807, 2.05) is 0 Å². The van der Waals surface area contributed by atoms with Crippen LogP contribution in [0.5, 0.6) is 0 Å². The predicted molar refractivity (Wildman–Crippen MR) is 57.1 cm³/mol. The summed E-state index contributed by atoms with van der Waals surface area (Å²) in [5.74, 6) is 4.30. The third kappa shape index (κ3) is 4.12. The molecule has 3 heteroatoms. The maximum Gasteiger partial charge on any atom is 0.328 e. The lowest BCUT2D eigenvalue weighted by Crippen LogP contribution is -1.85. The Morgan fingerprint density at radius 1 is 1.33 bits per heavy atom. The molecule has 0 aliphatic carbocycles. The maximum atomic E-state index is 10.2. The van der Waals surface area contributed by atoms with Gasteiger partial charge in [0.1, 0.15) is 6.61 Å². The Kier molecular flexibility index (Phi) is 4.14. The molecule has 1 rings (SSSR count). The molecular weight excluding hydrogens is 192 g/mol. The minimum absolute atomic E-state index is 0.166. The van der Waals surface area contributed by atoms with Gasteiger partial charge in [0.15, 0.2) is 0 Å².